The van der Waals surface area contributed by atoms with Crippen LogP contribution in [0, 0.1) is 6.92 Å². The fourth-order valence-corrected chi connectivity index (χ4v) is 3.85. The molecule has 0 fully saturated rings. The molecular weight excluding hydrogens is 420 g/mol. The van der Waals surface area contributed by atoms with Crippen LogP contribution in [-0.2, 0) is 6.54 Å². The van der Waals surface area contributed by atoms with E-state index in [1.165, 1.54) is 5.56 Å². The number of methoxy groups -OCH3 is 1. The fraction of sp³-hybridized carbons (Fsp3) is 0.360. The number of aromatic nitrogens is 1. The zero-order valence-corrected chi connectivity index (χ0v) is 20.1. The van der Waals surface area contributed by atoms with Crippen molar-refractivity contribution in [2.75, 3.05) is 38.6 Å². The van der Waals surface area contributed by atoms with Gasteiger partial charge in [-0.15, -0.1) is 0 Å². The highest BCUT2D eigenvalue weighted by atomic mass is 32.1. The van der Waals surface area contributed by atoms with Crippen molar-refractivity contribution in [2.24, 2.45) is 0 Å². The Morgan fingerprint density at radius 1 is 1.06 bits per heavy atom. The first kappa shape index (κ1) is 23.8. The van der Waals surface area contributed by atoms with Crippen LogP contribution in [0.2, 0.25) is 0 Å². The minimum atomic E-state index is -0.103. The Kier molecular flexibility index (Phi) is 8.25. The first-order valence-corrected chi connectivity index (χ1v) is 11.4. The van der Waals surface area contributed by atoms with Crippen LogP contribution in [-0.4, -0.2) is 53.2 Å². The van der Waals surface area contributed by atoms with Crippen LogP contribution in [0.3, 0.4) is 0 Å². The Balaban J connectivity index is 1.86. The van der Waals surface area contributed by atoms with Crippen LogP contribution in [0.25, 0.3) is 10.9 Å². The molecule has 2 N–H and O–H groups in total. The third-order valence-electron chi connectivity index (χ3n) is 5.66. The minimum absolute atomic E-state index is 0.103. The lowest BCUT2D eigenvalue weighted by atomic mass is 10.1. The number of thiocarbonyl (C=S) groups is 1. The molecule has 7 heteroatoms. The zero-order chi connectivity index (χ0) is 23.1. The van der Waals surface area contributed by atoms with Gasteiger partial charge in [0.05, 0.1) is 13.7 Å². The highest BCUT2D eigenvalue weighted by Crippen LogP contribution is 2.19. The van der Waals surface area contributed by atoms with E-state index in [0.717, 1.165) is 48.5 Å². The number of benzene rings is 2. The lowest BCUT2D eigenvalue weighted by Crippen LogP contribution is -2.41. The maximum Gasteiger partial charge on any atom is 0.253 e. The number of H-pyrrole nitrogens is 1. The predicted molar refractivity (Wildman–Crippen MR) is 137 cm³/mol. The maximum atomic E-state index is 12.8. The average molecular weight is 453 g/mol. The van der Waals surface area contributed by atoms with E-state index in [1.807, 2.05) is 48.5 Å². The Labute approximate surface area is 195 Å². The van der Waals surface area contributed by atoms with E-state index >= 15 is 0 Å². The molecule has 0 aliphatic rings. The first-order chi connectivity index (χ1) is 15.4. The number of pyridine rings is 1. The summed E-state index contributed by atoms with van der Waals surface area (Å²) in [6, 6.07) is 15.7. The number of nitrogens with one attached hydrogen (secondary N) is 2. The lowest BCUT2D eigenvalue weighted by molar-refractivity contribution is 0.266. The summed E-state index contributed by atoms with van der Waals surface area (Å²) in [7, 11) is 1.64. The van der Waals surface area contributed by atoms with Gasteiger partial charge >= 0.3 is 0 Å². The molecule has 0 radical (unpaired) electrons. The molecule has 2 aromatic carbocycles. The number of ether oxygens (including phenoxy) is 1. The molecule has 3 aromatic rings. The van der Waals surface area contributed by atoms with Crippen molar-refractivity contribution in [1.29, 1.82) is 0 Å². The summed E-state index contributed by atoms with van der Waals surface area (Å²) in [4.78, 5) is 20.2. The summed E-state index contributed by atoms with van der Waals surface area (Å²) in [6.07, 6.45) is 0. The number of likely N-dealkylation sites (N-methyl/N-ethyl adjacent to an activating group) is 1. The van der Waals surface area contributed by atoms with Crippen LogP contribution in [0.15, 0.2) is 53.3 Å². The molecule has 3 rings (SSSR count). The lowest BCUT2D eigenvalue weighted by Gasteiger charge is -2.29. The molecule has 170 valence electrons. The summed E-state index contributed by atoms with van der Waals surface area (Å²) >= 11 is 5.76. The highest BCUT2D eigenvalue weighted by molar-refractivity contribution is 7.80. The number of aryl methyl sites for hydroxylation is 1. The predicted octanol–water partition coefficient (Wildman–Crippen LogP) is 4.39. The van der Waals surface area contributed by atoms with E-state index in [2.05, 4.69) is 40.9 Å². The molecule has 0 aliphatic heterocycles. The number of hydrogen-bond acceptors (Lipinski definition) is 4. The maximum absolute atomic E-state index is 12.8. The topological polar surface area (TPSA) is 60.6 Å². The van der Waals surface area contributed by atoms with Gasteiger partial charge in [-0.25, -0.2) is 0 Å². The van der Waals surface area contributed by atoms with Crippen LogP contribution in [0.4, 0.5) is 5.69 Å². The Bertz CT molecular complexity index is 1110. The number of fused-ring (bicyclic) bond motifs is 1. The van der Waals surface area contributed by atoms with Crippen molar-refractivity contribution in [3.63, 3.8) is 0 Å². The average Bonchev–Trinajstić information content (AvgIpc) is 2.80. The molecule has 0 bridgehead atoms. The fourth-order valence-electron chi connectivity index (χ4n) is 3.57. The summed E-state index contributed by atoms with van der Waals surface area (Å²) in [5.41, 5.74) is 3.48. The second kappa shape index (κ2) is 11.1. The molecule has 6 nitrogen and oxygen atoms in total. The molecule has 0 spiro atoms. The molecule has 0 saturated heterocycles. The molecule has 32 heavy (non-hydrogen) atoms. The number of anilines is 1. The largest absolute Gasteiger partial charge is 0.497 e. The normalized spacial score (nSPS) is 11.0. The summed E-state index contributed by atoms with van der Waals surface area (Å²) in [6.45, 7) is 10.3. The molecule has 1 heterocycles. The van der Waals surface area contributed by atoms with Crippen molar-refractivity contribution in [3.8, 4) is 5.75 Å². The van der Waals surface area contributed by atoms with E-state index in [4.69, 9.17) is 17.0 Å². The Morgan fingerprint density at radius 3 is 2.44 bits per heavy atom. The number of hydrogen-bond donors (Lipinski definition) is 2. The summed E-state index contributed by atoms with van der Waals surface area (Å²) < 4.78 is 5.34. The van der Waals surface area contributed by atoms with Crippen LogP contribution in [0.5, 0.6) is 5.75 Å². The van der Waals surface area contributed by atoms with Crippen molar-refractivity contribution < 1.29 is 4.74 Å². The van der Waals surface area contributed by atoms with Crippen LogP contribution in [0.1, 0.15) is 25.0 Å². The number of aromatic amines is 1. The standard InChI is InChI=1S/C25H32N4O2S/c1-5-28(6-2)13-14-29(25(32)26-21-9-7-18(3)8-10-21)17-20-15-19-16-22(31-4)11-12-23(19)27-24(20)30/h7-12,15-16H,5-6,13-14,17H2,1-4H3,(H,26,32)(H,27,30). The van der Waals surface area contributed by atoms with Gasteiger partial charge < -0.3 is 24.8 Å². The molecule has 0 amide bonds. The van der Waals surface area contributed by atoms with Gasteiger partial charge in [0.1, 0.15) is 5.75 Å². The van der Waals surface area contributed by atoms with Gasteiger partial charge in [0.15, 0.2) is 5.11 Å². The van der Waals surface area contributed by atoms with Gasteiger partial charge in [-0.2, -0.15) is 0 Å². The van der Waals surface area contributed by atoms with Gasteiger partial charge in [0.25, 0.3) is 5.56 Å². The van der Waals surface area contributed by atoms with Crippen molar-refractivity contribution in [2.45, 2.75) is 27.3 Å². The number of rotatable bonds is 9. The van der Waals surface area contributed by atoms with Gasteiger partial charge in [-0.05, 0) is 68.6 Å². The van der Waals surface area contributed by atoms with E-state index < -0.39 is 0 Å². The van der Waals surface area contributed by atoms with Crippen LogP contribution >= 0.6 is 12.2 Å². The van der Waals surface area contributed by atoms with Gasteiger partial charge in [0.2, 0.25) is 0 Å². The molecule has 1 aromatic heterocycles. The van der Waals surface area contributed by atoms with Crippen molar-refractivity contribution in [1.82, 2.24) is 14.8 Å². The molecular formula is C25H32N4O2S. The van der Waals surface area contributed by atoms with Crippen molar-refractivity contribution >= 4 is 33.9 Å². The van der Waals surface area contributed by atoms with Gasteiger partial charge in [0, 0.05) is 35.2 Å². The SMILES string of the molecule is CCN(CC)CCN(Cc1cc2cc(OC)ccc2[nH]c1=O)C(=S)Nc1ccc(C)cc1. The van der Waals surface area contributed by atoms with E-state index in [9.17, 15) is 4.79 Å². The molecule has 0 unspecified atom stereocenters. The quantitative estimate of drug-likeness (QED) is 0.470. The highest BCUT2D eigenvalue weighted by Gasteiger charge is 2.15. The second-order valence-corrected chi connectivity index (χ2v) is 8.21. The molecule has 0 saturated carbocycles. The Morgan fingerprint density at radius 2 is 1.78 bits per heavy atom. The Hall–Kier alpha value is -2.90. The second-order valence-electron chi connectivity index (χ2n) is 7.82. The van der Waals surface area contributed by atoms with E-state index in [-0.39, 0.29) is 5.56 Å². The monoisotopic (exact) mass is 452 g/mol. The molecule has 0 atom stereocenters. The third-order valence-corrected chi connectivity index (χ3v) is 6.02. The summed E-state index contributed by atoms with van der Waals surface area (Å²) in [5, 5.41) is 4.86. The smallest absolute Gasteiger partial charge is 0.253 e. The first-order valence-electron chi connectivity index (χ1n) is 11.0. The zero-order valence-electron chi connectivity index (χ0n) is 19.3. The van der Waals surface area contributed by atoms with Crippen LogP contribution < -0.4 is 15.6 Å². The molecule has 0 aliphatic carbocycles. The van der Waals surface area contributed by atoms with Crippen molar-refractivity contribution in [3.05, 3.63) is 70.0 Å². The third kappa shape index (κ3) is 6.08. The number of nitrogens with zero attached hydrogens (tertiary/aromatic N) is 2. The van der Waals surface area contributed by atoms with E-state index in [0.29, 0.717) is 17.2 Å². The van der Waals surface area contributed by atoms with E-state index in [1.54, 1.807) is 7.11 Å². The minimum Gasteiger partial charge on any atom is -0.497 e. The summed E-state index contributed by atoms with van der Waals surface area (Å²) in [5.74, 6) is 0.755. The van der Waals surface area contributed by atoms with Gasteiger partial charge in [-0.1, -0.05) is 31.5 Å². The van der Waals surface area contributed by atoms with Gasteiger partial charge in [-0.3, -0.25) is 4.79 Å².